The Kier molecular flexibility index (Phi) is 5.47. The number of amides is 1. The highest BCUT2D eigenvalue weighted by atomic mass is 35.5. The molecule has 1 heterocycles. The van der Waals surface area contributed by atoms with E-state index in [-0.39, 0.29) is 36.0 Å². The van der Waals surface area contributed by atoms with Crippen LogP contribution in [-0.2, 0) is 14.6 Å². The summed E-state index contributed by atoms with van der Waals surface area (Å²) in [6.45, 7) is 2.27. The summed E-state index contributed by atoms with van der Waals surface area (Å²) in [6.07, 6.45) is 0.532. The second kappa shape index (κ2) is 6.98. The van der Waals surface area contributed by atoms with Crippen LogP contribution in [-0.4, -0.2) is 50.4 Å². The summed E-state index contributed by atoms with van der Waals surface area (Å²) in [5, 5.41) is 2.61. The molecule has 1 aliphatic rings. The molecule has 1 saturated heterocycles. The number of rotatable bonds is 5. The molecule has 7 heteroatoms. The zero-order chi connectivity index (χ0) is 16.3. The van der Waals surface area contributed by atoms with Gasteiger partial charge in [-0.1, -0.05) is 29.8 Å². The van der Waals surface area contributed by atoms with E-state index in [4.69, 9.17) is 11.6 Å². The average Bonchev–Trinajstić information content (AvgIpc) is 2.84. The number of hydrogen-bond donors (Lipinski definition) is 1. The Hall–Kier alpha value is -1.11. The van der Waals surface area contributed by atoms with Gasteiger partial charge in [0.2, 0.25) is 0 Å². The largest absolute Gasteiger partial charge is 0.337 e. The molecule has 0 spiro atoms. The van der Waals surface area contributed by atoms with Gasteiger partial charge in [-0.05, 0) is 19.4 Å². The first-order chi connectivity index (χ1) is 10.3. The molecule has 1 amide bonds. The Bertz CT molecular complexity index is 648. The molecule has 1 fully saturated rings. The van der Waals surface area contributed by atoms with Crippen molar-refractivity contribution in [3.8, 4) is 0 Å². The molecule has 0 saturated carbocycles. The van der Waals surface area contributed by atoms with Crippen molar-refractivity contribution in [2.75, 3.05) is 25.1 Å². The summed E-state index contributed by atoms with van der Waals surface area (Å²) >= 11 is 6.15. The Morgan fingerprint density at radius 2 is 2.14 bits per heavy atom. The van der Waals surface area contributed by atoms with Crippen LogP contribution in [0.3, 0.4) is 0 Å². The number of quaternary nitrogens is 1. The zero-order valence-corrected chi connectivity index (χ0v) is 14.4. The molecule has 5 nitrogen and oxygen atoms in total. The van der Waals surface area contributed by atoms with Crippen LogP contribution in [0.25, 0.3) is 0 Å². The van der Waals surface area contributed by atoms with E-state index in [1.54, 1.807) is 11.9 Å². The number of halogens is 1. The molecule has 0 aromatic heterocycles. The van der Waals surface area contributed by atoms with E-state index in [1.165, 1.54) is 0 Å². The number of carbonyl (C=O) groups excluding carboxylic acids is 1. The van der Waals surface area contributed by atoms with Gasteiger partial charge in [0.05, 0.1) is 11.5 Å². The summed E-state index contributed by atoms with van der Waals surface area (Å²) in [7, 11) is -1.29. The van der Waals surface area contributed by atoms with Crippen molar-refractivity contribution in [2.24, 2.45) is 0 Å². The second-order valence-corrected chi connectivity index (χ2v) is 8.45. The van der Waals surface area contributed by atoms with Gasteiger partial charge in [-0.25, -0.2) is 8.42 Å². The third-order valence-electron chi connectivity index (χ3n) is 4.19. The van der Waals surface area contributed by atoms with Crippen LogP contribution in [0.5, 0.6) is 0 Å². The summed E-state index contributed by atoms with van der Waals surface area (Å²) in [4.78, 5) is 13.8. The van der Waals surface area contributed by atoms with Crippen LogP contribution < -0.4 is 5.32 Å². The van der Waals surface area contributed by atoms with E-state index in [0.717, 1.165) is 5.56 Å². The highest BCUT2D eigenvalue weighted by Crippen LogP contribution is 2.19. The number of nitrogens with zero attached hydrogens (tertiary/aromatic N) is 1. The molecule has 0 radical (unpaired) electrons. The third-order valence-corrected chi connectivity index (χ3v) is 6.29. The first-order valence-corrected chi connectivity index (χ1v) is 9.54. The molecule has 2 atom stereocenters. The van der Waals surface area contributed by atoms with Crippen LogP contribution in [0.4, 0.5) is 0 Å². The molecule has 2 N–H and O–H groups in total. The van der Waals surface area contributed by atoms with E-state index >= 15 is 0 Å². The van der Waals surface area contributed by atoms with Gasteiger partial charge in [0, 0.05) is 23.7 Å². The van der Waals surface area contributed by atoms with Crippen molar-refractivity contribution in [1.82, 2.24) is 4.90 Å². The lowest BCUT2D eigenvalue weighted by molar-refractivity contribution is -0.683. The topological polar surface area (TPSA) is 71.1 Å². The Labute approximate surface area is 136 Å². The standard InChI is InChI=1S/C15H21ClN2O3S/c1-11(13-5-3-4-6-14(13)16)17-9-15(19)18(2)12-7-8-22(20,21)10-12/h3-6,11-12,17H,7-10H2,1-2H3/p+1/t11-,12-/m0/s1. The molecule has 22 heavy (non-hydrogen) atoms. The predicted molar refractivity (Wildman–Crippen MR) is 86.5 cm³/mol. The van der Waals surface area contributed by atoms with E-state index in [2.05, 4.69) is 0 Å². The van der Waals surface area contributed by atoms with Crippen molar-refractivity contribution in [3.63, 3.8) is 0 Å². The van der Waals surface area contributed by atoms with E-state index in [1.807, 2.05) is 36.5 Å². The maximum absolute atomic E-state index is 12.2. The van der Waals surface area contributed by atoms with Crippen molar-refractivity contribution in [3.05, 3.63) is 34.9 Å². The summed E-state index contributed by atoms with van der Waals surface area (Å²) in [5.74, 6) is 0.200. The van der Waals surface area contributed by atoms with Gasteiger partial charge >= 0.3 is 0 Å². The van der Waals surface area contributed by atoms with Gasteiger partial charge < -0.3 is 10.2 Å². The maximum atomic E-state index is 12.2. The lowest BCUT2D eigenvalue weighted by Gasteiger charge is -2.23. The van der Waals surface area contributed by atoms with Crippen LogP contribution in [0.15, 0.2) is 24.3 Å². The van der Waals surface area contributed by atoms with Gasteiger partial charge in [-0.2, -0.15) is 0 Å². The summed E-state index contributed by atoms with van der Waals surface area (Å²) in [6, 6.07) is 7.45. The zero-order valence-electron chi connectivity index (χ0n) is 12.8. The van der Waals surface area contributed by atoms with E-state index < -0.39 is 9.84 Å². The summed E-state index contributed by atoms with van der Waals surface area (Å²) < 4.78 is 23.0. The molecule has 1 aromatic carbocycles. The van der Waals surface area contributed by atoms with E-state index in [9.17, 15) is 13.2 Å². The second-order valence-electron chi connectivity index (χ2n) is 5.81. The number of carbonyl (C=O) groups is 1. The van der Waals surface area contributed by atoms with Crippen LogP contribution in [0.1, 0.15) is 24.9 Å². The van der Waals surface area contributed by atoms with Gasteiger partial charge in [0.15, 0.2) is 16.4 Å². The van der Waals surface area contributed by atoms with Gasteiger partial charge in [-0.15, -0.1) is 0 Å². The lowest BCUT2D eigenvalue weighted by atomic mass is 10.1. The molecule has 1 aromatic rings. The molecule has 0 unspecified atom stereocenters. The first kappa shape index (κ1) is 17.2. The van der Waals surface area contributed by atoms with E-state index in [0.29, 0.717) is 11.4 Å². The maximum Gasteiger partial charge on any atom is 0.277 e. The Morgan fingerprint density at radius 1 is 1.45 bits per heavy atom. The van der Waals surface area contributed by atoms with Crippen molar-refractivity contribution in [1.29, 1.82) is 0 Å². The normalized spacial score (nSPS) is 21.5. The number of sulfone groups is 1. The Balaban J connectivity index is 1.89. The van der Waals surface area contributed by atoms with Crippen molar-refractivity contribution in [2.45, 2.75) is 25.4 Å². The van der Waals surface area contributed by atoms with Gasteiger partial charge in [0.25, 0.3) is 5.91 Å². The number of hydrogen-bond acceptors (Lipinski definition) is 3. The molecule has 0 aliphatic carbocycles. The monoisotopic (exact) mass is 345 g/mol. The molecular formula is C15H22ClN2O3S+. The molecule has 1 aliphatic heterocycles. The van der Waals surface area contributed by atoms with Gasteiger partial charge in [0.1, 0.15) is 6.04 Å². The number of benzene rings is 1. The van der Waals surface area contributed by atoms with Gasteiger partial charge in [-0.3, -0.25) is 4.79 Å². The fraction of sp³-hybridized carbons (Fsp3) is 0.533. The quantitative estimate of drug-likeness (QED) is 0.850. The minimum atomic E-state index is -2.98. The van der Waals surface area contributed by atoms with Crippen LogP contribution in [0, 0.1) is 0 Å². The average molecular weight is 346 g/mol. The van der Waals surface area contributed by atoms with Crippen molar-refractivity contribution < 1.29 is 18.5 Å². The highest BCUT2D eigenvalue weighted by Gasteiger charge is 2.33. The lowest BCUT2D eigenvalue weighted by Crippen LogP contribution is -2.87. The SMILES string of the molecule is C[C@H]([NH2+]CC(=O)N(C)[C@H]1CCS(=O)(=O)C1)c1ccccc1Cl. The molecular weight excluding hydrogens is 324 g/mol. The predicted octanol–water partition coefficient (Wildman–Crippen LogP) is 0.610. The minimum absolute atomic E-state index is 0.0546. The summed E-state index contributed by atoms with van der Waals surface area (Å²) in [5.41, 5.74) is 0.989. The minimum Gasteiger partial charge on any atom is -0.337 e. The molecule has 0 bridgehead atoms. The molecule has 122 valence electrons. The van der Waals surface area contributed by atoms with Crippen molar-refractivity contribution >= 4 is 27.3 Å². The highest BCUT2D eigenvalue weighted by molar-refractivity contribution is 7.91. The fourth-order valence-electron chi connectivity index (χ4n) is 2.68. The smallest absolute Gasteiger partial charge is 0.277 e. The first-order valence-electron chi connectivity index (χ1n) is 7.34. The number of nitrogens with two attached hydrogens (primary N) is 1. The Morgan fingerprint density at radius 3 is 2.73 bits per heavy atom. The van der Waals surface area contributed by atoms with Crippen LogP contribution in [0.2, 0.25) is 5.02 Å². The number of likely N-dealkylation sites (N-methyl/N-ethyl adjacent to an activating group) is 1. The fourth-order valence-corrected chi connectivity index (χ4v) is 4.76. The third kappa shape index (κ3) is 4.21. The molecule has 2 rings (SSSR count). The van der Waals surface area contributed by atoms with Crippen LogP contribution >= 0.6 is 11.6 Å².